The fraction of sp³-hybridized carbons (Fsp3) is 0.737. The molecule has 0 aromatic heterocycles. The van der Waals surface area contributed by atoms with Gasteiger partial charge < -0.3 is 4.90 Å². The van der Waals surface area contributed by atoms with E-state index in [9.17, 15) is 0 Å². The Morgan fingerprint density at radius 3 is 1.50 bits per heavy atom. The molecule has 1 aliphatic rings. The number of nitrogens with zero attached hydrogens (tertiary/aromatic N) is 1. The van der Waals surface area contributed by atoms with Gasteiger partial charge in [-0.1, -0.05) is 54.4 Å². The van der Waals surface area contributed by atoms with Crippen molar-refractivity contribution in [3.63, 3.8) is 0 Å². The topological polar surface area (TPSA) is 3.24 Å². The molecule has 0 atom stereocenters. The first-order chi connectivity index (χ1) is 9.52. The van der Waals surface area contributed by atoms with E-state index >= 15 is 0 Å². The van der Waals surface area contributed by atoms with Gasteiger partial charge in [0.1, 0.15) is 0 Å². The zero-order chi connectivity index (χ0) is 15.1. The fourth-order valence-corrected chi connectivity index (χ4v) is 3.04. The number of rotatable bonds is 9. The average Bonchev–Trinajstić information content (AvgIpc) is 2.63. The molecular weight excluding hydrogens is 242 g/mol. The Bertz CT molecular complexity index is 228. The van der Waals surface area contributed by atoms with Crippen LogP contribution in [0.4, 0.5) is 0 Å². The van der Waals surface area contributed by atoms with E-state index in [1.165, 1.54) is 75.4 Å². The first kappa shape index (κ1) is 18.0. The minimum Gasteiger partial charge on any atom is -0.303 e. The lowest BCUT2D eigenvalue weighted by Crippen LogP contribution is -2.29. The predicted molar refractivity (Wildman–Crippen MR) is 89.8 cm³/mol. The van der Waals surface area contributed by atoms with E-state index in [2.05, 4.69) is 46.4 Å². The molecule has 1 saturated carbocycles. The highest BCUT2D eigenvalue weighted by molar-refractivity contribution is 5.58. The molecule has 0 heterocycles. The summed E-state index contributed by atoms with van der Waals surface area (Å²) in [6.07, 6.45) is 6.49. The van der Waals surface area contributed by atoms with E-state index < -0.39 is 0 Å². The van der Waals surface area contributed by atoms with Gasteiger partial charge >= 0.3 is 0 Å². The maximum atomic E-state index is 2.67. The minimum atomic E-state index is 1.22. The molecule has 20 heavy (non-hydrogen) atoms. The third-order valence-corrected chi connectivity index (χ3v) is 4.93. The highest BCUT2D eigenvalue weighted by atomic mass is 15.1. The smallest absolute Gasteiger partial charge is 0.00128 e. The molecule has 1 fully saturated rings. The van der Waals surface area contributed by atoms with Crippen LogP contribution in [-0.2, 0) is 0 Å². The van der Waals surface area contributed by atoms with Crippen molar-refractivity contribution < 1.29 is 0 Å². The standard InChI is InChI=1S/C19H34N/c1-7-9-12-20(13-10-8-2)14-11-19-17(5)15(3)16(4)18(19)6/h7-14H2,1-6H3. The van der Waals surface area contributed by atoms with Crippen LogP contribution < -0.4 is 0 Å². The van der Waals surface area contributed by atoms with Gasteiger partial charge in [0, 0.05) is 0 Å². The van der Waals surface area contributed by atoms with Crippen molar-refractivity contribution in [1.82, 2.24) is 4.90 Å². The largest absolute Gasteiger partial charge is 0.303 e. The quantitative estimate of drug-likeness (QED) is 0.556. The zero-order valence-electron chi connectivity index (χ0n) is 14.6. The van der Waals surface area contributed by atoms with Crippen LogP contribution in [0.5, 0.6) is 0 Å². The molecule has 0 unspecified atom stereocenters. The second-order valence-electron chi connectivity index (χ2n) is 6.28. The van der Waals surface area contributed by atoms with Crippen molar-refractivity contribution in [1.29, 1.82) is 0 Å². The molecule has 0 bridgehead atoms. The van der Waals surface area contributed by atoms with Gasteiger partial charge in [0.15, 0.2) is 0 Å². The SMILES string of the molecule is CCCCN(CCCC)CC[C]1[C](C)[C](C)[C](C)[C]1C. The van der Waals surface area contributed by atoms with Crippen molar-refractivity contribution >= 4 is 0 Å². The first-order valence-electron chi connectivity index (χ1n) is 8.47. The molecule has 0 spiro atoms. The summed E-state index contributed by atoms with van der Waals surface area (Å²) in [5.41, 5.74) is 0. The molecule has 0 N–H and O–H groups in total. The van der Waals surface area contributed by atoms with Crippen LogP contribution in [0.25, 0.3) is 0 Å². The molecule has 5 radical (unpaired) electrons. The van der Waals surface area contributed by atoms with Crippen LogP contribution in [0.3, 0.4) is 0 Å². The molecule has 1 nitrogen and oxygen atoms in total. The molecule has 1 rings (SSSR count). The fourth-order valence-electron chi connectivity index (χ4n) is 3.04. The predicted octanol–water partition coefficient (Wildman–Crippen LogP) is 5.24. The van der Waals surface area contributed by atoms with Gasteiger partial charge in [-0.3, -0.25) is 0 Å². The van der Waals surface area contributed by atoms with Crippen LogP contribution in [0.15, 0.2) is 0 Å². The molecule has 0 amide bonds. The van der Waals surface area contributed by atoms with E-state index in [0.717, 1.165) is 0 Å². The third-order valence-electron chi connectivity index (χ3n) is 4.93. The Kier molecular flexibility index (Phi) is 8.17. The van der Waals surface area contributed by atoms with Gasteiger partial charge in [-0.25, -0.2) is 0 Å². The molecule has 115 valence electrons. The maximum absolute atomic E-state index is 2.67. The molecule has 1 aliphatic carbocycles. The van der Waals surface area contributed by atoms with Gasteiger partial charge in [-0.15, -0.1) is 0 Å². The number of hydrogen-bond donors (Lipinski definition) is 0. The van der Waals surface area contributed by atoms with Crippen LogP contribution >= 0.6 is 0 Å². The Morgan fingerprint density at radius 2 is 1.10 bits per heavy atom. The van der Waals surface area contributed by atoms with Crippen molar-refractivity contribution in [3.8, 4) is 0 Å². The molecule has 0 saturated heterocycles. The first-order valence-corrected chi connectivity index (χ1v) is 8.47. The van der Waals surface area contributed by atoms with E-state index in [4.69, 9.17) is 0 Å². The van der Waals surface area contributed by atoms with Crippen LogP contribution in [0, 0.1) is 29.6 Å². The van der Waals surface area contributed by atoms with Gasteiger partial charge in [0.25, 0.3) is 0 Å². The van der Waals surface area contributed by atoms with Gasteiger partial charge in [-0.2, -0.15) is 0 Å². The Morgan fingerprint density at radius 1 is 0.650 bits per heavy atom. The summed E-state index contributed by atoms with van der Waals surface area (Å²) in [5, 5.41) is 0. The third kappa shape index (κ3) is 4.76. The number of hydrogen-bond acceptors (Lipinski definition) is 1. The molecule has 1 heteroatoms. The Balaban J connectivity index is 2.45. The number of unbranched alkanes of at least 4 members (excludes halogenated alkanes) is 2. The zero-order valence-corrected chi connectivity index (χ0v) is 14.6. The van der Waals surface area contributed by atoms with Crippen LogP contribution in [0.2, 0.25) is 0 Å². The normalized spacial score (nSPS) is 20.6. The summed E-state index contributed by atoms with van der Waals surface area (Å²) in [6.45, 7) is 17.5. The highest BCUT2D eigenvalue weighted by Gasteiger charge is 2.42. The van der Waals surface area contributed by atoms with Crippen LogP contribution in [0.1, 0.15) is 73.6 Å². The van der Waals surface area contributed by atoms with Gasteiger partial charge in [0.2, 0.25) is 0 Å². The summed E-state index contributed by atoms with van der Waals surface area (Å²) >= 11 is 0. The van der Waals surface area contributed by atoms with Crippen molar-refractivity contribution in [2.75, 3.05) is 19.6 Å². The Hall–Kier alpha value is -0.0400. The maximum Gasteiger partial charge on any atom is -0.00128 e. The minimum absolute atomic E-state index is 1.22. The lowest BCUT2D eigenvalue weighted by atomic mass is 9.86. The average molecular weight is 276 g/mol. The van der Waals surface area contributed by atoms with Gasteiger partial charge in [0.05, 0.1) is 0 Å². The van der Waals surface area contributed by atoms with Crippen molar-refractivity contribution in [2.24, 2.45) is 0 Å². The second-order valence-corrected chi connectivity index (χ2v) is 6.28. The molecule has 0 aliphatic heterocycles. The van der Waals surface area contributed by atoms with Crippen molar-refractivity contribution in [3.05, 3.63) is 29.6 Å². The summed E-state index contributed by atoms with van der Waals surface area (Å²) in [6, 6.07) is 0. The van der Waals surface area contributed by atoms with Crippen molar-refractivity contribution in [2.45, 2.75) is 73.6 Å². The highest BCUT2D eigenvalue weighted by Crippen LogP contribution is 2.53. The van der Waals surface area contributed by atoms with E-state index in [-0.39, 0.29) is 0 Å². The monoisotopic (exact) mass is 276 g/mol. The van der Waals surface area contributed by atoms with Gasteiger partial charge in [-0.05, 0) is 68.5 Å². The lowest BCUT2D eigenvalue weighted by molar-refractivity contribution is 0.264. The Labute approximate surface area is 128 Å². The molecular formula is C19H34N. The second kappa shape index (κ2) is 9.07. The van der Waals surface area contributed by atoms with E-state index in [1.54, 1.807) is 5.92 Å². The molecule has 0 aromatic rings. The summed E-state index contributed by atoms with van der Waals surface area (Å²) in [4.78, 5) is 2.67. The lowest BCUT2D eigenvalue weighted by Gasteiger charge is -2.26. The van der Waals surface area contributed by atoms with E-state index in [1.807, 2.05) is 0 Å². The molecule has 0 aromatic carbocycles. The summed E-state index contributed by atoms with van der Waals surface area (Å²) in [5.74, 6) is 7.69. The van der Waals surface area contributed by atoms with Crippen LogP contribution in [-0.4, -0.2) is 24.5 Å². The van der Waals surface area contributed by atoms with E-state index in [0.29, 0.717) is 0 Å². The summed E-state index contributed by atoms with van der Waals surface area (Å²) < 4.78 is 0. The summed E-state index contributed by atoms with van der Waals surface area (Å²) in [7, 11) is 0.